The summed E-state index contributed by atoms with van der Waals surface area (Å²) in [6.07, 6.45) is 0.894. The molecule has 0 amide bonds. The molecule has 26 heavy (non-hydrogen) atoms. The van der Waals surface area contributed by atoms with Crippen molar-refractivity contribution in [3.8, 4) is 0 Å². The van der Waals surface area contributed by atoms with Gasteiger partial charge in [-0.25, -0.2) is 8.78 Å². The van der Waals surface area contributed by atoms with Crippen LogP contribution in [0.25, 0.3) is 0 Å². The molecule has 2 aromatic carbocycles. The fourth-order valence-electron chi connectivity index (χ4n) is 3.70. The summed E-state index contributed by atoms with van der Waals surface area (Å²) in [5.41, 5.74) is 1.84. The number of nitrogens with zero attached hydrogens (tertiary/aromatic N) is 1. The highest BCUT2D eigenvalue weighted by molar-refractivity contribution is 5.21. The largest absolute Gasteiger partial charge is 0.396 e. The minimum atomic E-state index is -0.568. The van der Waals surface area contributed by atoms with E-state index in [0.717, 1.165) is 32.1 Å². The van der Waals surface area contributed by atoms with Crippen LogP contribution < -0.4 is 5.32 Å². The predicted octanol–water partition coefficient (Wildman–Crippen LogP) is 3.50. The van der Waals surface area contributed by atoms with Gasteiger partial charge in [0, 0.05) is 37.8 Å². The number of hydrogen-bond donors (Lipinski definition) is 2. The fraction of sp³-hybridized carbons (Fsp3) is 0.429. The molecule has 0 aliphatic carbocycles. The summed E-state index contributed by atoms with van der Waals surface area (Å²) in [6, 6.07) is 13.8. The number of rotatable bonds is 6. The van der Waals surface area contributed by atoms with Gasteiger partial charge < -0.3 is 10.4 Å². The molecule has 3 rings (SSSR count). The maximum Gasteiger partial charge on any atom is 0.126 e. The van der Waals surface area contributed by atoms with Gasteiger partial charge in [0.25, 0.3) is 0 Å². The Morgan fingerprint density at radius 3 is 2.50 bits per heavy atom. The van der Waals surface area contributed by atoms with Crippen LogP contribution in [0.3, 0.4) is 0 Å². The molecule has 140 valence electrons. The van der Waals surface area contributed by atoms with Crippen molar-refractivity contribution in [2.45, 2.75) is 32.0 Å². The summed E-state index contributed by atoms with van der Waals surface area (Å²) in [6.45, 7) is 4.60. The second-order valence-corrected chi connectivity index (χ2v) is 7.15. The maximum absolute atomic E-state index is 13.5. The van der Waals surface area contributed by atoms with Gasteiger partial charge in [-0.2, -0.15) is 0 Å². The third-order valence-corrected chi connectivity index (χ3v) is 5.17. The van der Waals surface area contributed by atoms with Crippen LogP contribution in [0.2, 0.25) is 0 Å². The van der Waals surface area contributed by atoms with Gasteiger partial charge >= 0.3 is 0 Å². The highest BCUT2D eigenvalue weighted by atomic mass is 19.1. The third-order valence-electron chi connectivity index (χ3n) is 5.17. The van der Waals surface area contributed by atoms with Crippen LogP contribution in [0, 0.1) is 17.6 Å². The number of piperidine rings is 1. The summed E-state index contributed by atoms with van der Waals surface area (Å²) in [4.78, 5) is 2.36. The van der Waals surface area contributed by atoms with Gasteiger partial charge in [-0.1, -0.05) is 30.3 Å². The summed E-state index contributed by atoms with van der Waals surface area (Å²) < 4.78 is 27.0. The minimum Gasteiger partial charge on any atom is -0.396 e. The lowest BCUT2D eigenvalue weighted by atomic mass is 9.90. The summed E-state index contributed by atoms with van der Waals surface area (Å²) in [7, 11) is 0. The van der Waals surface area contributed by atoms with Crippen molar-refractivity contribution in [1.82, 2.24) is 10.2 Å². The lowest BCUT2D eigenvalue weighted by molar-refractivity contribution is 0.0866. The Labute approximate surface area is 153 Å². The SMILES string of the molecule is C[C@H](N[C@H]1CN(Cc2ccccc2)CC[C@H]1CO)c1cc(F)cc(F)c1. The molecule has 5 heteroatoms. The highest BCUT2D eigenvalue weighted by Gasteiger charge is 2.30. The highest BCUT2D eigenvalue weighted by Crippen LogP contribution is 2.23. The second kappa shape index (κ2) is 8.71. The molecule has 2 N–H and O–H groups in total. The van der Waals surface area contributed by atoms with Gasteiger partial charge in [0.2, 0.25) is 0 Å². The zero-order valence-corrected chi connectivity index (χ0v) is 15.0. The van der Waals surface area contributed by atoms with Crippen LogP contribution in [-0.2, 0) is 6.54 Å². The molecule has 0 saturated carbocycles. The summed E-state index contributed by atoms with van der Waals surface area (Å²) in [5, 5.41) is 13.2. The summed E-state index contributed by atoms with van der Waals surface area (Å²) in [5.74, 6) is -0.994. The van der Waals surface area contributed by atoms with Crippen LogP contribution in [-0.4, -0.2) is 35.7 Å². The lowest BCUT2D eigenvalue weighted by Crippen LogP contribution is -2.52. The number of nitrogens with one attached hydrogen (secondary N) is 1. The van der Waals surface area contributed by atoms with E-state index in [1.54, 1.807) is 0 Å². The van der Waals surface area contributed by atoms with Gasteiger partial charge in [-0.05, 0) is 49.1 Å². The average Bonchev–Trinajstić information content (AvgIpc) is 2.62. The van der Waals surface area contributed by atoms with E-state index in [9.17, 15) is 13.9 Å². The smallest absolute Gasteiger partial charge is 0.126 e. The minimum absolute atomic E-state index is 0.0683. The molecule has 0 spiro atoms. The van der Waals surface area contributed by atoms with Crippen molar-refractivity contribution >= 4 is 0 Å². The van der Waals surface area contributed by atoms with E-state index in [2.05, 4.69) is 22.3 Å². The van der Waals surface area contributed by atoms with E-state index >= 15 is 0 Å². The van der Waals surface area contributed by atoms with Crippen molar-refractivity contribution in [3.63, 3.8) is 0 Å². The van der Waals surface area contributed by atoms with E-state index in [0.29, 0.717) is 5.56 Å². The second-order valence-electron chi connectivity index (χ2n) is 7.15. The molecule has 3 atom stereocenters. The molecule has 2 aromatic rings. The summed E-state index contributed by atoms with van der Waals surface area (Å²) >= 11 is 0. The number of aliphatic hydroxyl groups excluding tert-OH is 1. The number of hydrogen-bond acceptors (Lipinski definition) is 3. The van der Waals surface area contributed by atoms with E-state index in [1.807, 2.05) is 25.1 Å². The van der Waals surface area contributed by atoms with Crippen molar-refractivity contribution in [2.75, 3.05) is 19.7 Å². The van der Waals surface area contributed by atoms with Crippen molar-refractivity contribution in [1.29, 1.82) is 0 Å². The Balaban J connectivity index is 1.67. The number of halogens is 2. The first-order chi connectivity index (χ1) is 12.5. The van der Waals surface area contributed by atoms with Crippen LogP contribution in [0.15, 0.2) is 48.5 Å². The number of benzene rings is 2. The molecular formula is C21H26F2N2O. The molecule has 1 saturated heterocycles. The van der Waals surface area contributed by atoms with E-state index in [-0.39, 0.29) is 24.6 Å². The van der Waals surface area contributed by atoms with Crippen LogP contribution in [0.4, 0.5) is 8.78 Å². The Morgan fingerprint density at radius 1 is 1.15 bits per heavy atom. The zero-order chi connectivity index (χ0) is 18.5. The van der Waals surface area contributed by atoms with Crippen LogP contribution >= 0.6 is 0 Å². The molecule has 0 bridgehead atoms. The first kappa shape index (κ1) is 19.0. The third kappa shape index (κ3) is 4.87. The van der Waals surface area contributed by atoms with E-state index in [1.165, 1.54) is 17.7 Å². The van der Waals surface area contributed by atoms with Gasteiger partial charge in [0.05, 0.1) is 0 Å². The molecule has 0 aromatic heterocycles. The number of likely N-dealkylation sites (tertiary alicyclic amines) is 1. The van der Waals surface area contributed by atoms with Crippen molar-refractivity contribution in [2.24, 2.45) is 5.92 Å². The van der Waals surface area contributed by atoms with Gasteiger partial charge in [0.15, 0.2) is 0 Å². The van der Waals surface area contributed by atoms with Crippen LogP contribution in [0.1, 0.15) is 30.5 Å². The topological polar surface area (TPSA) is 35.5 Å². The Morgan fingerprint density at radius 2 is 1.85 bits per heavy atom. The Hall–Kier alpha value is -1.82. The fourth-order valence-corrected chi connectivity index (χ4v) is 3.70. The van der Waals surface area contributed by atoms with E-state index < -0.39 is 11.6 Å². The lowest BCUT2D eigenvalue weighted by Gasteiger charge is -2.39. The molecule has 0 radical (unpaired) electrons. The average molecular weight is 360 g/mol. The monoisotopic (exact) mass is 360 g/mol. The van der Waals surface area contributed by atoms with Gasteiger partial charge in [0.1, 0.15) is 11.6 Å². The van der Waals surface area contributed by atoms with Gasteiger partial charge in [-0.15, -0.1) is 0 Å². The zero-order valence-electron chi connectivity index (χ0n) is 15.0. The van der Waals surface area contributed by atoms with Gasteiger partial charge in [-0.3, -0.25) is 4.90 Å². The Bertz CT molecular complexity index is 690. The molecule has 1 fully saturated rings. The molecule has 1 heterocycles. The predicted molar refractivity (Wildman–Crippen MR) is 98.6 cm³/mol. The molecule has 3 nitrogen and oxygen atoms in total. The molecular weight excluding hydrogens is 334 g/mol. The molecule has 1 aliphatic rings. The van der Waals surface area contributed by atoms with Crippen LogP contribution in [0.5, 0.6) is 0 Å². The first-order valence-electron chi connectivity index (χ1n) is 9.14. The number of aliphatic hydroxyl groups is 1. The first-order valence-corrected chi connectivity index (χ1v) is 9.14. The van der Waals surface area contributed by atoms with Crippen molar-refractivity contribution in [3.05, 3.63) is 71.3 Å². The normalized spacial score (nSPS) is 22.3. The molecule has 1 aliphatic heterocycles. The molecule has 0 unspecified atom stereocenters. The maximum atomic E-state index is 13.5. The standard InChI is InChI=1S/C21H26F2N2O/c1-15(18-9-19(22)11-20(23)10-18)24-21-13-25(8-7-17(21)14-26)12-16-5-3-2-4-6-16/h2-6,9-11,15,17,21,24,26H,7-8,12-14H2,1H3/t15-,17-,21-/m0/s1. The Kier molecular flexibility index (Phi) is 6.35. The van der Waals surface area contributed by atoms with Crippen molar-refractivity contribution < 1.29 is 13.9 Å². The van der Waals surface area contributed by atoms with E-state index in [4.69, 9.17) is 0 Å². The quantitative estimate of drug-likeness (QED) is 0.828.